The molecule has 1 atom stereocenters. The topological polar surface area (TPSA) is 62.0 Å². The van der Waals surface area contributed by atoms with E-state index in [0.717, 1.165) is 57.0 Å². The Bertz CT molecular complexity index is 777. The van der Waals surface area contributed by atoms with Crippen LogP contribution in [0.1, 0.15) is 31.4 Å². The minimum atomic E-state index is -4.62. The molecular weight excluding hydrogens is 393 g/mol. The number of aliphatic imine (C=N–C) groups is 1. The van der Waals surface area contributed by atoms with E-state index in [0.29, 0.717) is 17.2 Å². The lowest BCUT2D eigenvalue weighted by molar-refractivity contribution is -0.388. The van der Waals surface area contributed by atoms with Crippen LogP contribution in [0.25, 0.3) is 0 Å². The highest BCUT2D eigenvalue weighted by molar-refractivity contribution is 8.14. The van der Waals surface area contributed by atoms with Gasteiger partial charge in [0.05, 0.1) is 21.9 Å². The molecule has 0 bridgehead atoms. The minimum Gasteiger partial charge on any atom is -0.349 e. The molecule has 3 rings (SSSR count). The van der Waals surface area contributed by atoms with Gasteiger partial charge in [-0.05, 0) is 29.3 Å². The molecule has 0 N–H and O–H groups in total. The third-order valence-corrected chi connectivity index (χ3v) is 6.40. The summed E-state index contributed by atoms with van der Waals surface area (Å²) in [6, 6.07) is 1.60. The second-order valence-electron chi connectivity index (χ2n) is 7.24. The summed E-state index contributed by atoms with van der Waals surface area (Å²) >= 11 is 1.11. The summed E-state index contributed by atoms with van der Waals surface area (Å²) in [7, 11) is 0. The van der Waals surface area contributed by atoms with E-state index in [2.05, 4.69) is 28.6 Å². The van der Waals surface area contributed by atoms with Gasteiger partial charge in [0.25, 0.3) is 5.69 Å². The number of amidine groups is 1. The van der Waals surface area contributed by atoms with Crippen LogP contribution in [0.3, 0.4) is 0 Å². The molecule has 1 aromatic rings. The Morgan fingerprint density at radius 1 is 1.29 bits per heavy atom. The Morgan fingerprint density at radius 2 is 1.96 bits per heavy atom. The lowest BCUT2D eigenvalue weighted by Crippen LogP contribution is -2.49. The van der Waals surface area contributed by atoms with Crippen LogP contribution in [0.2, 0.25) is 0 Å². The fourth-order valence-corrected chi connectivity index (χ4v) is 4.46. The average molecular weight is 416 g/mol. The van der Waals surface area contributed by atoms with E-state index in [-0.39, 0.29) is 17.0 Å². The molecule has 10 heteroatoms. The molecule has 1 aromatic carbocycles. The molecule has 0 aliphatic carbocycles. The maximum atomic E-state index is 13.0. The molecule has 0 aromatic heterocycles. The lowest BCUT2D eigenvalue weighted by atomic mass is 10.1. The first-order chi connectivity index (χ1) is 13.2. The smallest absolute Gasteiger partial charge is 0.349 e. The summed E-state index contributed by atoms with van der Waals surface area (Å²) in [5.41, 5.74) is -1.25. The Hall–Kier alpha value is -1.81. The Morgan fingerprint density at radius 3 is 2.54 bits per heavy atom. The van der Waals surface area contributed by atoms with Crippen LogP contribution in [0, 0.1) is 16.0 Å². The number of benzene rings is 1. The molecule has 0 radical (unpaired) electrons. The molecule has 6 nitrogen and oxygen atoms in total. The number of rotatable bonds is 4. The predicted octanol–water partition coefficient (Wildman–Crippen LogP) is 4.24. The van der Waals surface area contributed by atoms with Crippen LogP contribution < -0.4 is 0 Å². The molecule has 1 unspecified atom stereocenters. The zero-order valence-corrected chi connectivity index (χ0v) is 16.6. The van der Waals surface area contributed by atoms with Gasteiger partial charge in [0.1, 0.15) is 0 Å². The molecule has 28 heavy (non-hydrogen) atoms. The largest absolute Gasteiger partial charge is 0.416 e. The number of halogens is 3. The molecule has 2 heterocycles. The van der Waals surface area contributed by atoms with Gasteiger partial charge in [-0.3, -0.25) is 20.0 Å². The number of hydrogen-bond donors (Lipinski definition) is 0. The number of thioether (sulfide) groups is 1. The zero-order chi connectivity index (χ0) is 20.5. The first-order valence-corrected chi connectivity index (χ1v) is 10.1. The van der Waals surface area contributed by atoms with E-state index in [9.17, 15) is 23.3 Å². The van der Waals surface area contributed by atoms with Crippen LogP contribution in [-0.2, 0) is 12.7 Å². The summed E-state index contributed by atoms with van der Waals surface area (Å²) < 4.78 is 39.1. The molecule has 2 aliphatic rings. The van der Waals surface area contributed by atoms with Crippen molar-refractivity contribution in [3.05, 3.63) is 33.4 Å². The number of piperazine rings is 1. The second kappa shape index (κ2) is 8.28. The van der Waals surface area contributed by atoms with E-state index in [1.807, 2.05) is 0 Å². The molecule has 154 valence electrons. The molecular formula is C18H23F3N4O2S. The number of fused-ring (bicyclic) bond motifs is 1. The molecule has 0 amide bonds. The summed E-state index contributed by atoms with van der Waals surface area (Å²) in [6.07, 6.45) is -3.50. The van der Waals surface area contributed by atoms with E-state index >= 15 is 0 Å². The van der Waals surface area contributed by atoms with Gasteiger partial charge in [-0.1, -0.05) is 20.3 Å². The number of hydrogen-bond acceptors (Lipinski definition) is 6. The summed E-state index contributed by atoms with van der Waals surface area (Å²) in [4.78, 5) is 19.8. The number of nitrogens with zero attached hydrogens (tertiary/aromatic N) is 4. The monoisotopic (exact) mass is 416 g/mol. The molecule has 1 saturated heterocycles. The number of alkyl halides is 3. The molecule has 0 saturated carbocycles. The summed E-state index contributed by atoms with van der Waals surface area (Å²) in [6.45, 7) is 8.73. The highest BCUT2D eigenvalue weighted by Gasteiger charge is 2.36. The van der Waals surface area contributed by atoms with Gasteiger partial charge in [0.15, 0.2) is 5.17 Å². The van der Waals surface area contributed by atoms with Crippen LogP contribution in [0.5, 0.6) is 0 Å². The predicted molar refractivity (Wildman–Crippen MR) is 103 cm³/mol. The maximum absolute atomic E-state index is 13.0. The van der Waals surface area contributed by atoms with Crippen LogP contribution in [-0.4, -0.2) is 52.6 Å². The Balaban J connectivity index is 1.74. The summed E-state index contributed by atoms with van der Waals surface area (Å²) in [5, 5.41) is 12.0. The maximum Gasteiger partial charge on any atom is 0.416 e. The first-order valence-electron chi connectivity index (χ1n) is 9.27. The Kier molecular flexibility index (Phi) is 6.18. The van der Waals surface area contributed by atoms with E-state index in [1.165, 1.54) is 0 Å². The van der Waals surface area contributed by atoms with Crippen molar-refractivity contribution < 1.29 is 18.1 Å². The number of nitro groups is 1. The van der Waals surface area contributed by atoms with Gasteiger partial charge in [0.2, 0.25) is 0 Å². The molecule has 2 aliphatic heterocycles. The van der Waals surface area contributed by atoms with Gasteiger partial charge in [-0.2, -0.15) is 13.2 Å². The first kappa shape index (κ1) is 20.9. The van der Waals surface area contributed by atoms with Crippen molar-refractivity contribution in [1.29, 1.82) is 0 Å². The van der Waals surface area contributed by atoms with Gasteiger partial charge in [-0.25, -0.2) is 0 Å². The van der Waals surface area contributed by atoms with E-state index in [4.69, 9.17) is 0 Å². The SMILES string of the molecule is CCC(C)CN1CCN(C2=NCc3cc(C(F)(F)F)cc([N+](=O)[O-])c3S2)CC1. The van der Waals surface area contributed by atoms with Gasteiger partial charge in [-0.15, -0.1) is 0 Å². The van der Waals surface area contributed by atoms with Crippen LogP contribution in [0.15, 0.2) is 22.0 Å². The normalized spacial score (nSPS) is 19.2. The van der Waals surface area contributed by atoms with Crippen LogP contribution in [0.4, 0.5) is 18.9 Å². The summed E-state index contributed by atoms with van der Waals surface area (Å²) in [5.74, 6) is 0.630. The van der Waals surface area contributed by atoms with Crippen molar-refractivity contribution in [3.63, 3.8) is 0 Å². The lowest BCUT2D eigenvalue weighted by Gasteiger charge is -2.37. The average Bonchev–Trinajstić information content (AvgIpc) is 2.66. The zero-order valence-electron chi connectivity index (χ0n) is 15.8. The van der Waals surface area contributed by atoms with Crippen molar-refractivity contribution in [2.45, 2.75) is 37.9 Å². The van der Waals surface area contributed by atoms with Crippen molar-refractivity contribution in [1.82, 2.24) is 9.80 Å². The van der Waals surface area contributed by atoms with E-state index < -0.39 is 22.4 Å². The van der Waals surface area contributed by atoms with E-state index in [1.54, 1.807) is 0 Å². The quantitative estimate of drug-likeness (QED) is 0.543. The van der Waals surface area contributed by atoms with Crippen molar-refractivity contribution in [2.75, 3.05) is 32.7 Å². The highest BCUT2D eigenvalue weighted by atomic mass is 32.2. The Labute approximate surface area is 165 Å². The standard InChI is InChI=1S/C18H23F3N4O2S/c1-3-12(2)11-23-4-6-24(7-5-23)17-22-10-13-8-14(18(19,20)21)9-15(25(26)27)16(13)28-17/h8-9,12H,3-7,10-11H2,1-2H3. The fraction of sp³-hybridized carbons (Fsp3) is 0.611. The second-order valence-corrected chi connectivity index (χ2v) is 8.22. The molecule has 1 fully saturated rings. The van der Waals surface area contributed by atoms with Crippen LogP contribution >= 0.6 is 11.8 Å². The third-order valence-electron chi connectivity index (χ3n) is 5.16. The van der Waals surface area contributed by atoms with Crippen molar-refractivity contribution in [3.8, 4) is 0 Å². The fourth-order valence-electron chi connectivity index (χ4n) is 3.34. The van der Waals surface area contributed by atoms with Gasteiger partial charge < -0.3 is 4.90 Å². The van der Waals surface area contributed by atoms with Gasteiger partial charge >= 0.3 is 6.18 Å². The van der Waals surface area contributed by atoms with Crippen molar-refractivity contribution >= 4 is 22.6 Å². The third kappa shape index (κ3) is 4.60. The van der Waals surface area contributed by atoms with Crippen molar-refractivity contribution in [2.24, 2.45) is 10.9 Å². The van der Waals surface area contributed by atoms with Gasteiger partial charge in [0, 0.05) is 38.8 Å². The molecule has 0 spiro atoms. The highest BCUT2D eigenvalue weighted by Crippen LogP contribution is 2.42. The minimum absolute atomic E-state index is 0.0233. The number of nitro benzene ring substituents is 1.